The monoisotopic (exact) mass is 437 g/mol. The molecule has 1 amide bonds. The molecular formula is C24H24FN3O2S. The van der Waals surface area contributed by atoms with Crippen molar-refractivity contribution in [2.75, 3.05) is 44.2 Å². The molecule has 0 N–H and O–H groups in total. The maximum absolute atomic E-state index is 13.7. The molecule has 31 heavy (non-hydrogen) atoms. The van der Waals surface area contributed by atoms with Crippen molar-refractivity contribution in [1.29, 1.82) is 0 Å². The van der Waals surface area contributed by atoms with Crippen LogP contribution >= 0.6 is 11.3 Å². The van der Waals surface area contributed by atoms with Gasteiger partial charge in [0.15, 0.2) is 0 Å². The zero-order valence-electron chi connectivity index (χ0n) is 17.2. The maximum Gasteiger partial charge on any atom is 0.277 e. The van der Waals surface area contributed by atoms with Crippen molar-refractivity contribution in [3.8, 4) is 5.75 Å². The molecule has 0 radical (unpaired) electrons. The highest BCUT2D eigenvalue weighted by molar-refractivity contribution is 7.17. The van der Waals surface area contributed by atoms with Crippen molar-refractivity contribution in [1.82, 2.24) is 4.90 Å². The molecule has 7 heteroatoms. The molecule has 3 aromatic rings. The Morgan fingerprint density at radius 2 is 1.94 bits per heavy atom. The number of amides is 1. The van der Waals surface area contributed by atoms with E-state index in [-0.39, 0.29) is 11.7 Å². The molecule has 5 nitrogen and oxygen atoms in total. The fourth-order valence-corrected chi connectivity index (χ4v) is 5.15. The third-order valence-corrected chi connectivity index (χ3v) is 6.89. The van der Waals surface area contributed by atoms with Gasteiger partial charge in [0, 0.05) is 53.4 Å². The van der Waals surface area contributed by atoms with Gasteiger partial charge in [0.2, 0.25) is 0 Å². The van der Waals surface area contributed by atoms with Gasteiger partial charge in [-0.2, -0.15) is 0 Å². The summed E-state index contributed by atoms with van der Waals surface area (Å²) in [5.41, 5.74) is 2.64. The average molecular weight is 438 g/mol. The summed E-state index contributed by atoms with van der Waals surface area (Å²) in [6.07, 6.45) is 3.66. The van der Waals surface area contributed by atoms with Crippen LogP contribution in [0.15, 0.2) is 46.8 Å². The number of halogens is 1. The first-order valence-corrected chi connectivity index (χ1v) is 11.5. The second-order valence-electron chi connectivity index (χ2n) is 7.96. The van der Waals surface area contributed by atoms with Crippen LogP contribution in [0, 0.1) is 5.82 Å². The average Bonchev–Trinajstić information content (AvgIpc) is 3.37. The van der Waals surface area contributed by atoms with Gasteiger partial charge in [0.1, 0.15) is 11.6 Å². The lowest BCUT2D eigenvalue weighted by molar-refractivity contribution is 0.101. The molecule has 3 heterocycles. The Hall–Kier alpha value is -2.77. The molecule has 1 fully saturated rings. The first-order valence-electron chi connectivity index (χ1n) is 10.7. The number of rotatable bonds is 7. The third kappa shape index (κ3) is 4.34. The summed E-state index contributed by atoms with van der Waals surface area (Å²) in [4.78, 5) is 20.2. The summed E-state index contributed by atoms with van der Waals surface area (Å²) >= 11 is 1.68. The molecule has 2 aliphatic heterocycles. The minimum absolute atomic E-state index is 0.172. The molecule has 160 valence electrons. The van der Waals surface area contributed by atoms with Gasteiger partial charge in [-0.15, -0.1) is 11.3 Å². The minimum Gasteiger partial charge on any atom is -0.494 e. The van der Waals surface area contributed by atoms with Crippen LogP contribution in [0.2, 0.25) is 0 Å². The van der Waals surface area contributed by atoms with Crippen LogP contribution in [0.3, 0.4) is 0 Å². The van der Waals surface area contributed by atoms with Crippen LogP contribution in [0.5, 0.6) is 5.75 Å². The van der Waals surface area contributed by atoms with E-state index in [1.807, 2.05) is 18.2 Å². The van der Waals surface area contributed by atoms with E-state index in [2.05, 4.69) is 20.2 Å². The van der Waals surface area contributed by atoms with Gasteiger partial charge in [0.25, 0.3) is 5.91 Å². The molecule has 1 aromatic heterocycles. The standard InChI is InChI=1S/C24H24FN3O2S/c25-18-3-6-23-21(14-18)22(16-31-23)28-10-8-27(9-11-28)7-1-2-12-30-19-4-5-20-17(13-19)15-26-24(20)29/h3-6,13-16H,1-2,7-12H2. The van der Waals surface area contributed by atoms with E-state index >= 15 is 0 Å². The van der Waals surface area contributed by atoms with Crippen LogP contribution in [0.4, 0.5) is 10.1 Å². The van der Waals surface area contributed by atoms with Gasteiger partial charge in [-0.05, 0) is 55.8 Å². The number of carbonyl (C=O) groups excluding carboxylic acids is 1. The molecule has 0 unspecified atom stereocenters. The Balaban J connectivity index is 1.05. The van der Waals surface area contributed by atoms with Crippen LogP contribution in [-0.4, -0.2) is 56.4 Å². The number of piperazine rings is 1. The lowest BCUT2D eigenvalue weighted by Gasteiger charge is -2.35. The van der Waals surface area contributed by atoms with Crippen LogP contribution in [0.25, 0.3) is 10.1 Å². The highest BCUT2D eigenvalue weighted by Crippen LogP contribution is 2.34. The van der Waals surface area contributed by atoms with E-state index in [4.69, 9.17) is 4.74 Å². The summed E-state index contributed by atoms with van der Waals surface area (Å²) in [7, 11) is 0. The van der Waals surface area contributed by atoms with Gasteiger partial charge in [-0.1, -0.05) is 0 Å². The first-order chi connectivity index (χ1) is 15.2. The number of hydrogen-bond acceptors (Lipinski definition) is 5. The summed E-state index contributed by atoms with van der Waals surface area (Å²) < 4.78 is 20.6. The van der Waals surface area contributed by atoms with E-state index in [1.165, 1.54) is 6.07 Å². The van der Waals surface area contributed by atoms with Gasteiger partial charge in [0.05, 0.1) is 17.9 Å². The van der Waals surface area contributed by atoms with Crippen molar-refractivity contribution in [2.45, 2.75) is 12.8 Å². The van der Waals surface area contributed by atoms with Crippen molar-refractivity contribution in [3.63, 3.8) is 0 Å². The predicted octanol–water partition coefficient (Wildman–Crippen LogP) is 4.59. The van der Waals surface area contributed by atoms with Crippen molar-refractivity contribution < 1.29 is 13.9 Å². The Morgan fingerprint density at radius 3 is 2.81 bits per heavy atom. The van der Waals surface area contributed by atoms with Crippen LogP contribution in [0.1, 0.15) is 28.8 Å². The Bertz CT molecular complexity index is 1140. The SMILES string of the molecule is O=C1N=Cc2cc(OCCCCN3CCN(c4csc5ccc(F)cc45)CC3)ccc21. The number of aliphatic imine (C=N–C) groups is 1. The lowest BCUT2D eigenvalue weighted by Crippen LogP contribution is -2.46. The lowest BCUT2D eigenvalue weighted by atomic mass is 10.1. The molecule has 2 aromatic carbocycles. The van der Waals surface area contributed by atoms with Gasteiger partial charge >= 0.3 is 0 Å². The number of benzene rings is 2. The van der Waals surface area contributed by atoms with Crippen LogP contribution < -0.4 is 9.64 Å². The van der Waals surface area contributed by atoms with Gasteiger partial charge in [-0.3, -0.25) is 9.69 Å². The van der Waals surface area contributed by atoms with Gasteiger partial charge < -0.3 is 9.64 Å². The van der Waals surface area contributed by atoms with E-state index in [1.54, 1.807) is 29.7 Å². The van der Waals surface area contributed by atoms with E-state index in [0.29, 0.717) is 12.2 Å². The normalized spacial score (nSPS) is 16.3. The fourth-order valence-electron chi connectivity index (χ4n) is 4.20. The third-order valence-electron chi connectivity index (χ3n) is 5.94. The molecule has 2 aliphatic rings. The van der Waals surface area contributed by atoms with Crippen molar-refractivity contribution in [3.05, 3.63) is 58.7 Å². The quantitative estimate of drug-likeness (QED) is 0.507. The Labute approximate surface area is 184 Å². The molecule has 5 rings (SSSR count). The van der Waals surface area contributed by atoms with Gasteiger partial charge in [-0.25, -0.2) is 9.38 Å². The number of anilines is 1. The number of hydrogen-bond donors (Lipinski definition) is 0. The number of fused-ring (bicyclic) bond motifs is 2. The summed E-state index contributed by atoms with van der Waals surface area (Å²) in [6.45, 7) is 5.69. The Morgan fingerprint density at radius 1 is 1.06 bits per heavy atom. The number of carbonyl (C=O) groups is 1. The Kier molecular flexibility index (Phi) is 5.70. The number of thiophene rings is 1. The molecule has 1 saturated heterocycles. The van der Waals surface area contributed by atoms with E-state index < -0.39 is 0 Å². The largest absolute Gasteiger partial charge is 0.494 e. The van der Waals surface area contributed by atoms with Crippen molar-refractivity contribution >= 4 is 39.2 Å². The molecule has 0 aliphatic carbocycles. The maximum atomic E-state index is 13.7. The predicted molar refractivity (Wildman–Crippen MR) is 124 cm³/mol. The highest BCUT2D eigenvalue weighted by Gasteiger charge is 2.20. The first kappa shape index (κ1) is 20.2. The smallest absolute Gasteiger partial charge is 0.277 e. The zero-order chi connectivity index (χ0) is 21.2. The second kappa shape index (κ2) is 8.77. The zero-order valence-corrected chi connectivity index (χ0v) is 18.0. The van der Waals surface area contributed by atoms with Crippen molar-refractivity contribution in [2.24, 2.45) is 4.99 Å². The number of ether oxygens (including phenoxy) is 1. The van der Waals surface area contributed by atoms with E-state index in [0.717, 1.165) is 72.7 Å². The molecule has 0 atom stereocenters. The number of nitrogens with zero attached hydrogens (tertiary/aromatic N) is 3. The fraction of sp³-hybridized carbons (Fsp3) is 0.333. The summed E-state index contributed by atoms with van der Waals surface area (Å²) in [5, 5.41) is 3.18. The summed E-state index contributed by atoms with van der Waals surface area (Å²) in [5.74, 6) is 0.434. The molecular weight excluding hydrogens is 413 g/mol. The van der Waals surface area contributed by atoms with Crippen LogP contribution in [-0.2, 0) is 0 Å². The minimum atomic E-state index is -0.180. The molecule has 0 spiro atoms. The summed E-state index contributed by atoms with van der Waals surface area (Å²) in [6, 6.07) is 10.5. The second-order valence-corrected chi connectivity index (χ2v) is 8.87. The van der Waals surface area contributed by atoms with E-state index in [9.17, 15) is 9.18 Å². The number of unbranched alkanes of at least 4 members (excludes halogenated alkanes) is 1. The molecule has 0 bridgehead atoms. The highest BCUT2D eigenvalue weighted by atomic mass is 32.1. The topological polar surface area (TPSA) is 45.1 Å². The molecule has 0 saturated carbocycles.